The number of benzene rings is 2. The van der Waals surface area contributed by atoms with Gasteiger partial charge in [-0.1, -0.05) is 6.07 Å². The van der Waals surface area contributed by atoms with Gasteiger partial charge in [-0.2, -0.15) is 0 Å². The quantitative estimate of drug-likeness (QED) is 0.644. The topological polar surface area (TPSA) is 59.5 Å². The van der Waals surface area contributed by atoms with Crippen molar-refractivity contribution >= 4 is 27.0 Å². The van der Waals surface area contributed by atoms with Crippen molar-refractivity contribution in [1.82, 2.24) is 4.98 Å². The normalized spacial score (nSPS) is 13.6. The van der Waals surface area contributed by atoms with Crippen molar-refractivity contribution in [1.29, 1.82) is 0 Å². The second-order valence-electron chi connectivity index (χ2n) is 6.33. The van der Waals surface area contributed by atoms with E-state index in [2.05, 4.69) is 6.07 Å². The van der Waals surface area contributed by atoms with E-state index in [1.54, 1.807) is 25.4 Å². The molecule has 0 N–H and O–H groups in total. The number of ether oxygens (including phenoxy) is 1. The smallest absolute Gasteiger partial charge is 0.234 e. The first kappa shape index (κ1) is 18.0. The summed E-state index contributed by atoms with van der Waals surface area (Å²) in [5, 5.41) is 2.99. The van der Waals surface area contributed by atoms with E-state index in [9.17, 15) is 8.42 Å². The monoisotopic (exact) mass is 400 g/mol. The van der Waals surface area contributed by atoms with Gasteiger partial charge in [-0.3, -0.25) is 4.31 Å². The van der Waals surface area contributed by atoms with Crippen molar-refractivity contribution in [3.8, 4) is 27.6 Å². The second kappa shape index (κ2) is 6.98. The van der Waals surface area contributed by atoms with Crippen LogP contribution >= 0.6 is 11.3 Å². The molecule has 0 aliphatic carbocycles. The molecule has 1 aliphatic rings. The standard InChI is InChI=1S/C20H20N2O3S2/c1-3-27(23,24)22-11-10-16-12-15(6-9-19(16)22)18-13-26-20(21-18)14-4-7-17(25-2)8-5-14/h4-9,12-13H,3,10-11H2,1-2H3. The summed E-state index contributed by atoms with van der Waals surface area (Å²) in [6.45, 7) is 2.20. The van der Waals surface area contributed by atoms with Gasteiger partial charge in [-0.15, -0.1) is 11.3 Å². The summed E-state index contributed by atoms with van der Waals surface area (Å²) in [6.07, 6.45) is 0.734. The molecule has 27 heavy (non-hydrogen) atoms. The van der Waals surface area contributed by atoms with E-state index in [1.165, 1.54) is 4.31 Å². The van der Waals surface area contributed by atoms with E-state index in [4.69, 9.17) is 9.72 Å². The van der Waals surface area contributed by atoms with Crippen molar-refractivity contribution < 1.29 is 13.2 Å². The Morgan fingerprint density at radius 1 is 1.15 bits per heavy atom. The molecule has 3 aromatic rings. The van der Waals surface area contributed by atoms with E-state index >= 15 is 0 Å². The van der Waals surface area contributed by atoms with Crippen LogP contribution in [-0.2, 0) is 16.4 Å². The number of anilines is 1. The Morgan fingerprint density at radius 2 is 1.89 bits per heavy atom. The maximum atomic E-state index is 12.2. The van der Waals surface area contributed by atoms with Gasteiger partial charge in [0.15, 0.2) is 0 Å². The first-order valence-electron chi connectivity index (χ1n) is 8.75. The Bertz CT molecular complexity index is 1070. The Labute approximate surface area is 163 Å². The molecule has 0 saturated heterocycles. The van der Waals surface area contributed by atoms with Crippen LogP contribution in [0, 0.1) is 0 Å². The summed E-state index contributed by atoms with van der Waals surface area (Å²) in [7, 11) is -1.57. The van der Waals surface area contributed by atoms with Gasteiger partial charge in [0, 0.05) is 23.1 Å². The maximum absolute atomic E-state index is 12.2. The Balaban J connectivity index is 1.63. The van der Waals surface area contributed by atoms with E-state index in [0.29, 0.717) is 6.54 Å². The van der Waals surface area contributed by atoms with Crippen LogP contribution in [0.25, 0.3) is 21.8 Å². The van der Waals surface area contributed by atoms with Crippen LogP contribution in [0.3, 0.4) is 0 Å². The molecule has 0 unspecified atom stereocenters. The minimum absolute atomic E-state index is 0.117. The van der Waals surface area contributed by atoms with Crippen molar-refractivity contribution in [2.75, 3.05) is 23.7 Å². The minimum atomic E-state index is -3.22. The SMILES string of the molecule is CCS(=O)(=O)N1CCc2cc(-c3csc(-c4ccc(OC)cc4)n3)ccc21. The van der Waals surface area contributed by atoms with Gasteiger partial charge in [0.1, 0.15) is 10.8 Å². The predicted molar refractivity (Wildman–Crippen MR) is 110 cm³/mol. The molecule has 0 amide bonds. The van der Waals surface area contributed by atoms with Gasteiger partial charge < -0.3 is 4.74 Å². The van der Waals surface area contributed by atoms with E-state index in [-0.39, 0.29) is 5.75 Å². The molecule has 0 spiro atoms. The lowest BCUT2D eigenvalue weighted by Crippen LogP contribution is -2.30. The van der Waals surface area contributed by atoms with Gasteiger partial charge in [0.25, 0.3) is 0 Å². The number of fused-ring (bicyclic) bond motifs is 1. The summed E-state index contributed by atoms with van der Waals surface area (Å²) in [5.74, 6) is 0.937. The largest absolute Gasteiger partial charge is 0.497 e. The lowest BCUT2D eigenvalue weighted by Gasteiger charge is -2.18. The highest BCUT2D eigenvalue weighted by Crippen LogP contribution is 2.35. The van der Waals surface area contributed by atoms with Crippen LogP contribution in [0.5, 0.6) is 5.75 Å². The van der Waals surface area contributed by atoms with Gasteiger partial charge >= 0.3 is 0 Å². The molecule has 1 aliphatic heterocycles. The molecule has 140 valence electrons. The third-order valence-electron chi connectivity index (χ3n) is 4.77. The zero-order valence-electron chi connectivity index (χ0n) is 15.2. The number of methoxy groups -OCH3 is 1. The highest BCUT2D eigenvalue weighted by Gasteiger charge is 2.28. The Kier molecular flexibility index (Phi) is 4.65. The molecule has 1 aromatic heterocycles. The average molecular weight is 401 g/mol. The molecule has 0 saturated carbocycles. The van der Waals surface area contributed by atoms with Crippen LogP contribution in [-0.4, -0.2) is 32.8 Å². The average Bonchev–Trinajstić information content (AvgIpc) is 3.35. The summed E-state index contributed by atoms with van der Waals surface area (Å²) in [4.78, 5) is 4.76. The van der Waals surface area contributed by atoms with Crippen LogP contribution in [0.15, 0.2) is 47.8 Å². The maximum Gasteiger partial charge on any atom is 0.234 e. The number of nitrogens with zero attached hydrogens (tertiary/aromatic N) is 2. The molecule has 0 radical (unpaired) electrons. The van der Waals surface area contributed by atoms with Crippen molar-refractivity contribution in [2.24, 2.45) is 0 Å². The van der Waals surface area contributed by atoms with Crippen molar-refractivity contribution in [2.45, 2.75) is 13.3 Å². The number of thiazole rings is 1. The third-order valence-corrected chi connectivity index (χ3v) is 7.44. The molecule has 7 heteroatoms. The summed E-state index contributed by atoms with van der Waals surface area (Å²) in [6, 6.07) is 13.8. The third kappa shape index (κ3) is 3.33. The fraction of sp³-hybridized carbons (Fsp3) is 0.250. The van der Waals surface area contributed by atoms with Gasteiger partial charge in [0.2, 0.25) is 10.0 Å². The van der Waals surface area contributed by atoms with Gasteiger partial charge in [-0.05, 0) is 55.3 Å². The number of hydrogen-bond acceptors (Lipinski definition) is 5. The first-order chi connectivity index (χ1) is 13.0. The molecule has 0 atom stereocenters. The number of sulfonamides is 1. The summed E-state index contributed by atoms with van der Waals surface area (Å²) in [5.41, 5.74) is 4.83. The molecule has 5 nitrogen and oxygen atoms in total. The van der Waals surface area contributed by atoms with E-state index in [1.807, 2.05) is 41.8 Å². The molecular weight excluding hydrogens is 380 g/mol. The van der Waals surface area contributed by atoms with Crippen LogP contribution in [0.1, 0.15) is 12.5 Å². The lowest BCUT2D eigenvalue weighted by molar-refractivity contribution is 0.415. The molecular formula is C20H20N2O3S2. The van der Waals surface area contributed by atoms with E-state index in [0.717, 1.165) is 45.2 Å². The first-order valence-corrected chi connectivity index (χ1v) is 11.2. The molecule has 2 aromatic carbocycles. The highest BCUT2D eigenvalue weighted by atomic mass is 32.2. The molecule has 4 rings (SSSR count). The number of hydrogen-bond donors (Lipinski definition) is 0. The minimum Gasteiger partial charge on any atom is -0.497 e. The fourth-order valence-electron chi connectivity index (χ4n) is 3.25. The molecule has 2 heterocycles. The Hall–Kier alpha value is -2.38. The zero-order chi connectivity index (χ0) is 19.0. The van der Waals surface area contributed by atoms with Gasteiger partial charge in [-0.25, -0.2) is 13.4 Å². The molecule has 0 fully saturated rings. The predicted octanol–water partition coefficient (Wildman–Crippen LogP) is 4.20. The van der Waals surface area contributed by atoms with E-state index < -0.39 is 10.0 Å². The number of aromatic nitrogens is 1. The lowest BCUT2D eigenvalue weighted by atomic mass is 10.1. The summed E-state index contributed by atoms with van der Waals surface area (Å²) < 4.78 is 31.2. The van der Waals surface area contributed by atoms with Crippen molar-refractivity contribution in [3.63, 3.8) is 0 Å². The Morgan fingerprint density at radius 3 is 2.59 bits per heavy atom. The van der Waals surface area contributed by atoms with Crippen LogP contribution in [0.2, 0.25) is 0 Å². The molecule has 0 bridgehead atoms. The highest BCUT2D eigenvalue weighted by molar-refractivity contribution is 7.92. The second-order valence-corrected chi connectivity index (χ2v) is 9.37. The number of rotatable bonds is 5. The summed E-state index contributed by atoms with van der Waals surface area (Å²) >= 11 is 1.59. The van der Waals surface area contributed by atoms with Crippen LogP contribution in [0.4, 0.5) is 5.69 Å². The van der Waals surface area contributed by atoms with Crippen LogP contribution < -0.4 is 9.04 Å². The van der Waals surface area contributed by atoms with Crippen molar-refractivity contribution in [3.05, 3.63) is 53.4 Å². The zero-order valence-corrected chi connectivity index (χ0v) is 16.8. The fourth-order valence-corrected chi connectivity index (χ4v) is 5.24. The van der Waals surface area contributed by atoms with Gasteiger partial charge in [0.05, 0.1) is 24.2 Å².